The monoisotopic (exact) mass is 289 g/mol. The lowest BCUT2D eigenvalue weighted by molar-refractivity contribution is 0.0952. The summed E-state index contributed by atoms with van der Waals surface area (Å²) in [7, 11) is 0. The molecule has 2 rings (SSSR count). The molecule has 2 aromatic rings. The van der Waals surface area contributed by atoms with E-state index < -0.39 is 0 Å². The Morgan fingerprint density at radius 2 is 1.95 bits per heavy atom. The van der Waals surface area contributed by atoms with Gasteiger partial charge < -0.3 is 5.32 Å². The first-order chi connectivity index (χ1) is 9.58. The molecule has 1 heterocycles. The van der Waals surface area contributed by atoms with Crippen molar-refractivity contribution in [3.63, 3.8) is 0 Å². The minimum absolute atomic E-state index is 0.179. The number of carbonyl (C=O) groups is 1. The van der Waals surface area contributed by atoms with Crippen LogP contribution in [0.3, 0.4) is 0 Å². The minimum Gasteiger partial charge on any atom is -0.350 e. The Kier molecular flexibility index (Phi) is 4.69. The van der Waals surface area contributed by atoms with Gasteiger partial charge in [0, 0.05) is 6.54 Å². The zero-order valence-corrected chi connectivity index (χ0v) is 12.2. The highest BCUT2D eigenvalue weighted by Gasteiger charge is 2.13. The maximum Gasteiger partial charge on any atom is 0.253 e. The Balaban J connectivity index is 2.00. The predicted molar refractivity (Wildman–Crippen MR) is 78.9 cm³/mol. The number of amides is 1. The van der Waals surface area contributed by atoms with Crippen molar-refractivity contribution in [3.8, 4) is 0 Å². The van der Waals surface area contributed by atoms with Crippen LogP contribution in [-0.4, -0.2) is 22.6 Å². The van der Waals surface area contributed by atoms with E-state index in [0.717, 1.165) is 5.56 Å². The average molecular weight is 290 g/mol. The van der Waals surface area contributed by atoms with Gasteiger partial charge in [0.1, 0.15) is 0 Å². The number of halogens is 1. The van der Waals surface area contributed by atoms with Crippen LogP contribution in [0.4, 0.5) is 0 Å². The van der Waals surface area contributed by atoms with Crippen LogP contribution in [0, 0.1) is 13.8 Å². The van der Waals surface area contributed by atoms with Gasteiger partial charge in [-0.2, -0.15) is 10.2 Å². The van der Waals surface area contributed by atoms with Gasteiger partial charge in [-0.1, -0.05) is 30.3 Å². The number of benzene rings is 1. The summed E-state index contributed by atoms with van der Waals surface area (Å²) in [5.74, 6) is -0.179. The van der Waals surface area contributed by atoms with Gasteiger partial charge in [-0.15, -0.1) is 11.6 Å². The summed E-state index contributed by atoms with van der Waals surface area (Å²) in [4.78, 5) is 12.1. The zero-order valence-electron chi connectivity index (χ0n) is 11.4. The van der Waals surface area contributed by atoms with E-state index in [0.29, 0.717) is 23.5 Å². The van der Waals surface area contributed by atoms with Crippen molar-refractivity contribution in [2.45, 2.75) is 19.2 Å². The smallest absolute Gasteiger partial charge is 0.253 e. The third kappa shape index (κ3) is 3.54. The summed E-state index contributed by atoms with van der Waals surface area (Å²) in [5, 5.41) is 10.4. The molecule has 0 aliphatic rings. The van der Waals surface area contributed by atoms with Crippen LogP contribution >= 0.6 is 11.6 Å². The van der Waals surface area contributed by atoms with E-state index in [4.69, 9.17) is 11.6 Å². The van der Waals surface area contributed by atoms with E-state index in [1.165, 1.54) is 0 Å². The Morgan fingerprint density at radius 3 is 2.65 bits per heavy atom. The molecule has 0 saturated carbocycles. The molecular weight excluding hydrogens is 274 g/mol. The lowest BCUT2D eigenvalue weighted by Gasteiger charge is -2.12. The molecule has 20 heavy (non-hydrogen) atoms. The van der Waals surface area contributed by atoms with Gasteiger partial charge in [-0.05, 0) is 25.5 Å². The lowest BCUT2D eigenvalue weighted by atomic mass is 10.1. The standard InChI is InChI=1S/C15H16ClN3O/c1-10-8-13(11(2)19-18-10)15(20)17-9-14(16)12-6-4-3-5-7-12/h3-8,14H,9H2,1-2H3,(H,17,20). The molecule has 1 aromatic carbocycles. The average Bonchev–Trinajstić information content (AvgIpc) is 2.47. The molecule has 1 N–H and O–H groups in total. The van der Waals surface area contributed by atoms with E-state index >= 15 is 0 Å². The van der Waals surface area contributed by atoms with Crippen LogP contribution in [0.15, 0.2) is 36.4 Å². The third-order valence-corrected chi connectivity index (χ3v) is 3.35. The highest BCUT2D eigenvalue weighted by atomic mass is 35.5. The summed E-state index contributed by atoms with van der Waals surface area (Å²) in [6, 6.07) is 11.4. The molecule has 1 amide bonds. The van der Waals surface area contributed by atoms with Crippen molar-refractivity contribution < 1.29 is 4.79 Å². The molecule has 4 nitrogen and oxygen atoms in total. The number of aryl methyl sites for hydroxylation is 2. The van der Waals surface area contributed by atoms with Crippen molar-refractivity contribution in [2.24, 2.45) is 0 Å². The molecule has 1 unspecified atom stereocenters. The topological polar surface area (TPSA) is 54.9 Å². The number of rotatable bonds is 4. The zero-order chi connectivity index (χ0) is 14.5. The maximum absolute atomic E-state index is 12.1. The number of alkyl halides is 1. The summed E-state index contributed by atoms with van der Waals surface area (Å²) in [6.45, 7) is 3.93. The predicted octanol–water partition coefficient (Wildman–Crippen LogP) is 2.80. The van der Waals surface area contributed by atoms with Crippen molar-refractivity contribution in [2.75, 3.05) is 6.54 Å². The van der Waals surface area contributed by atoms with Crippen molar-refractivity contribution in [3.05, 3.63) is 58.9 Å². The first-order valence-electron chi connectivity index (χ1n) is 6.36. The molecule has 104 valence electrons. The molecule has 0 saturated heterocycles. The summed E-state index contributed by atoms with van der Waals surface area (Å²) in [6.07, 6.45) is 0. The first-order valence-corrected chi connectivity index (χ1v) is 6.79. The molecular formula is C15H16ClN3O. The number of hydrogen-bond acceptors (Lipinski definition) is 3. The number of nitrogens with zero attached hydrogens (tertiary/aromatic N) is 2. The maximum atomic E-state index is 12.1. The van der Waals surface area contributed by atoms with Gasteiger partial charge in [0.05, 0.1) is 22.3 Å². The summed E-state index contributed by atoms with van der Waals surface area (Å²) >= 11 is 6.27. The van der Waals surface area contributed by atoms with Gasteiger partial charge in [0.2, 0.25) is 0 Å². The van der Waals surface area contributed by atoms with Crippen LogP contribution in [0.1, 0.15) is 32.7 Å². The Morgan fingerprint density at radius 1 is 1.25 bits per heavy atom. The van der Waals surface area contributed by atoms with Gasteiger partial charge in [0.15, 0.2) is 0 Å². The van der Waals surface area contributed by atoms with E-state index in [1.807, 2.05) is 30.3 Å². The van der Waals surface area contributed by atoms with Crippen LogP contribution in [0.5, 0.6) is 0 Å². The minimum atomic E-state index is -0.253. The fourth-order valence-corrected chi connectivity index (χ4v) is 2.06. The third-order valence-electron chi connectivity index (χ3n) is 2.95. The molecule has 0 fully saturated rings. The number of carbonyl (C=O) groups excluding carboxylic acids is 1. The second kappa shape index (κ2) is 6.48. The molecule has 5 heteroatoms. The highest BCUT2D eigenvalue weighted by Crippen LogP contribution is 2.18. The molecule has 1 atom stereocenters. The van der Waals surface area contributed by atoms with Gasteiger partial charge in [-0.3, -0.25) is 4.79 Å². The van der Waals surface area contributed by atoms with Crippen LogP contribution < -0.4 is 5.32 Å². The Hall–Kier alpha value is -1.94. The fourth-order valence-electron chi connectivity index (χ4n) is 1.84. The van der Waals surface area contributed by atoms with E-state index in [-0.39, 0.29) is 11.3 Å². The van der Waals surface area contributed by atoms with Crippen LogP contribution in [-0.2, 0) is 0 Å². The molecule has 0 radical (unpaired) electrons. The van der Waals surface area contributed by atoms with Crippen molar-refractivity contribution in [1.29, 1.82) is 0 Å². The van der Waals surface area contributed by atoms with Crippen molar-refractivity contribution >= 4 is 17.5 Å². The van der Waals surface area contributed by atoms with Gasteiger partial charge in [0.25, 0.3) is 5.91 Å². The molecule has 0 aliphatic carbocycles. The molecule has 0 spiro atoms. The second-order valence-corrected chi connectivity index (χ2v) is 5.10. The number of nitrogens with one attached hydrogen (secondary N) is 1. The highest BCUT2D eigenvalue weighted by molar-refractivity contribution is 6.21. The Bertz CT molecular complexity index is 601. The Labute approximate surface area is 123 Å². The second-order valence-electron chi connectivity index (χ2n) is 4.57. The number of hydrogen-bond donors (Lipinski definition) is 1. The SMILES string of the molecule is Cc1cc(C(=O)NCC(Cl)c2ccccc2)c(C)nn1. The van der Waals surface area contributed by atoms with E-state index in [9.17, 15) is 4.79 Å². The van der Waals surface area contributed by atoms with Gasteiger partial charge in [-0.25, -0.2) is 0 Å². The van der Waals surface area contributed by atoms with Crippen LogP contribution in [0.2, 0.25) is 0 Å². The summed E-state index contributed by atoms with van der Waals surface area (Å²) in [5.41, 5.74) is 2.84. The first kappa shape index (κ1) is 14.5. The fraction of sp³-hybridized carbons (Fsp3) is 0.267. The molecule has 1 aromatic heterocycles. The van der Waals surface area contributed by atoms with E-state index in [2.05, 4.69) is 15.5 Å². The normalized spacial score (nSPS) is 11.9. The van der Waals surface area contributed by atoms with Crippen LogP contribution in [0.25, 0.3) is 0 Å². The van der Waals surface area contributed by atoms with Gasteiger partial charge >= 0.3 is 0 Å². The summed E-state index contributed by atoms with van der Waals surface area (Å²) < 4.78 is 0. The van der Waals surface area contributed by atoms with E-state index in [1.54, 1.807) is 19.9 Å². The van der Waals surface area contributed by atoms with Crippen molar-refractivity contribution in [1.82, 2.24) is 15.5 Å². The lowest BCUT2D eigenvalue weighted by Crippen LogP contribution is -2.28. The number of aromatic nitrogens is 2. The molecule has 0 bridgehead atoms. The quantitative estimate of drug-likeness (QED) is 0.881. The molecule has 0 aliphatic heterocycles. The largest absolute Gasteiger partial charge is 0.350 e.